The van der Waals surface area contributed by atoms with Crippen LogP contribution in [0, 0.1) is 5.82 Å². The summed E-state index contributed by atoms with van der Waals surface area (Å²) in [4.78, 5) is 2.06. The third-order valence-corrected chi connectivity index (χ3v) is 2.91. The van der Waals surface area contributed by atoms with Crippen LogP contribution in [0.3, 0.4) is 0 Å². The van der Waals surface area contributed by atoms with Crippen molar-refractivity contribution in [2.24, 2.45) is 0 Å². The molecule has 0 radical (unpaired) electrons. The van der Waals surface area contributed by atoms with E-state index in [1.54, 1.807) is 12.1 Å². The second-order valence-electron chi connectivity index (χ2n) is 3.66. The Morgan fingerprint density at radius 1 is 1.38 bits per heavy atom. The highest BCUT2D eigenvalue weighted by atomic mass is 35.5. The lowest BCUT2D eigenvalue weighted by atomic mass is 10.1. The highest BCUT2D eigenvalue weighted by Crippen LogP contribution is 2.26. The Kier molecular flexibility index (Phi) is 3.63. The summed E-state index contributed by atoms with van der Waals surface area (Å²) < 4.78 is 18.6. The molecule has 1 aromatic carbocycles. The van der Waals surface area contributed by atoms with Gasteiger partial charge in [0.05, 0.1) is 24.8 Å². The summed E-state index contributed by atoms with van der Waals surface area (Å²) in [6, 6.07) is 3.22. The predicted octanol–water partition coefficient (Wildman–Crippen LogP) is 1.81. The fourth-order valence-electron chi connectivity index (χ4n) is 1.75. The summed E-state index contributed by atoms with van der Waals surface area (Å²) in [5.41, 5.74) is 1.06. The SMILES string of the molecule is OCc1cc(N2CCOCC2)cc(Cl)c1F. The first-order valence-electron chi connectivity index (χ1n) is 5.14. The van der Waals surface area contributed by atoms with Crippen molar-refractivity contribution in [2.45, 2.75) is 6.61 Å². The van der Waals surface area contributed by atoms with Crippen LogP contribution < -0.4 is 4.90 Å². The van der Waals surface area contributed by atoms with Gasteiger partial charge in [0.1, 0.15) is 5.82 Å². The average molecular weight is 246 g/mol. The second kappa shape index (κ2) is 4.99. The van der Waals surface area contributed by atoms with Gasteiger partial charge in [0.15, 0.2) is 0 Å². The molecule has 1 aromatic rings. The molecule has 1 fully saturated rings. The van der Waals surface area contributed by atoms with E-state index in [1.165, 1.54) is 0 Å². The van der Waals surface area contributed by atoms with Crippen LogP contribution in [-0.4, -0.2) is 31.4 Å². The lowest BCUT2D eigenvalue weighted by Crippen LogP contribution is -2.36. The van der Waals surface area contributed by atoms with E-state index in [0.717, 1.165) is 18.8 Å². The molecule has 1 saturated heterocycles. The number of ether oxygens (including phenoxy) is 1. The predicted molar refractivity (Wildman–Crippen MR) is 60.4 cm³/mol. The largest absolute Gasteiger partial charge is 0.392 e. The average Bonchev–Trinajstić information content (AvgIpc) is 2.33. The van der Waals surface area contributed by atoms with E-state index in [1.807, 2.05) is 0 Å². The number of morpholine rings is 1. The Bertz CT molecular complexity index is 380. The molecule has 0 bridgehead atoms. The summed E-state index contributed by atoms with van der Waals surface area (Å²) >= 11 is 5.77. The second-order valence-corrected chi connectivity index (χ2v) is 4.07. The number of hydrogen-bond acceptors (Lipinski definition) is 3. The van der Waals surface area contributed by atoms with Gasteiger partial charge in [-0.15, -0.1) is 0 Å². The minimum atomic E-state index is -0.541. The van der Waals surface area contributed by atoms with Crippen LogP contribution in [0.5, 0.6) is 0 Å². The van der Waals surface area contributed by atoms with Crippen molar-refractivity contribution in [2.75, 3.05) is 31.2 Å². The monoisotopic (exact) mass is 245 g/mol. The summed E-state index contributed by atoms with van der Waals surface area (Å²) in [5, 5.41) is 9.07. The van der Waals surface area contributed by atoms with Crippen molar-refractivity contribution in [1.82, 2.24) is 0 Å². The Balaban J connectivity index is 2.29. The van der Waals surface area contributed by atoms with Crippen LogP contribution in [0.15, 0.2) is 12.1 Å². The Hall–Kier alpha value is -0.840. The zero-order chi connectivity index (χ0) is 11.5. The highest BCUT2D eigenvalue weighted by molar-refractivity contribution is 6.31. The van der Waals surface area contributed by atoms with E-state index >= 15 is 0 Å². The maximum atomic E-state index is 13.4. The summed E-state index contributed by atoms with van der Waals surface area (Å²) in [6.07, 6.45) is 0. The van der Waals surface area contributed by atoms with Gasteiger partial charge in [0.2, 0.25) is 0 Å². The normalized spacial score (nSPS) is 16.6. The van der Waals surface area contributed by atoms with Crippen molar-refractivity contribution in [3.8, 4) is 0 Å². The quantitative estimate of drug-likeness (QED) is 0.863. The van der Waals surface area contributed by atoms with E-state index < -0.39 is 5.82 Å². The number of halogens is 2. The van der Waals surface area contributed by atoms with Gasteiger partial charge in [-0.05, 0) is 12.1 Å². The molecule has 1 aliphatic heterocycles. The molecule has 3 nitrogen and oxygen atoms in total. The van der Waals surface area contributed by atoms with Crippen LogP contribution >= 0.6 is 11.6 Å². The van der Waals surface area contributed by atoms with Gasteiger partial charge in [0.25, 0.3) is 0 Å². The smallest absolute Gasteiger partial charge is 0.147 e. The number of rotatable bonds is 2. The van der Waals surface area contributed by atoms with Gasteiger partial charge in [-0.1, -0.05) is 11.6 Å². The first-order chi connectivity index (χ1) is 7.72. The number of aliphatic hydroxyl groups excluding tert-OH is 1. The van der Waals surface area contributed by atoms with Crippen LogP contribution in [-0.2, 0) is 11.3 Å². The van der Waals surface area contributed by atoms with Crippen LogP contribution in [0.1, 0.15) is 5.56 Å². The minimum absolute atomic E-state index is 0.0491. The molecule has 1 heterocycles. The summed E-state index contributed by atoms with van der Waals surface area (Å²) in [5.74, 6) is -0.541. The van der Waals surface area contributed by atoms with Gasteiger partial charge >= 0.3 is 0 Å². The van der Waals surface area contributed by atoms with E-state index in [9.17, 15) is 4.39 Å². The third-order valence-electron chi connectivity index (χ3n) is 2.63. The fraction of sp³-hybridized carbons (Fsp3) is 0.455. The molecule has 2 rings (SSSR count). The summed E-state index contributed by atoms with van der Waals surface area (Å²) in [6.45, 7) is 2.48. The van der Waals surface area contributed by atoms with Gasteiger partial charge < -0.3 is 14.7 Å². The van der Waals surface area contributed by atoms with Crippen molar-refractivity contribution < 1.29 is 14.2 Å². The number of aliphatic hydroxyl groups is 1. The van der Waals surface area contributed by atoms with Crippen molar-refractivity contribution in [3.63, 3.8) is 0 Å². The van der Waals surface area contributed by atoms with Gasteiger partial charge in [-0.25, -0.2) is 4.39 Å². The first-order valence-corrected chi connectivity index (χ1v) is 5.51. The molecule has 0 amide bonds. The Labute approximate surface area is 98.4 Å². The maximum absolute atomic E-state index is 13.4. The zero-order valence-corrected chi connectivity index (χ0v) is 9.50. The zero-order valence-electron chi connectivity index (χ0n) is 8.75. The molecular weight excluding hydrogens is 233 g/mol. The van der Waals surface area contributed by atoms with Crippen molar-refractivity contribution >= 4 is 17.3 Å². The maximum Gasteiger partial charge on any atom is 0.147 e. The van der Waals surface area contributed by atoms with E-state index in [4.69, 9.17) is 21.4 Å². The topological polar surface area (TPSA) is 32.7 Å². The van der Waals surface area contributed by atoms with Crippen molar-refractivity contribution in [3.05, 3.63) is 28.5 Å². The molecule has 0 saturated carbocycles. The van der Waals surface area contributed by atoms with Crippen LogP contribution in [0.2, 0.25) is 5.02 Å². The molecule has 0 unspecified atom stereocenters. The highest BCUT2D eigenvalue weighted by Gasteiger charge is 2.15. The number of anilines is 1. The van der Waals surface area contributed by atoms with Crippen molar-refractivity contribution in [1.29, 1.82) is 0 Å². The standard InChI is InChI=1S/C11H13ClFNO2/c12-10-6-9(5-8(7-15)11(10)13)14-1-3-16-4-2-14/h5-6,15H,1-4,7H2. The molecule has 0 aromatic heterocycles. The summed E-state index contributed by atoms with van der Waals surface area (Å²) in [7, 11) is 0. The Morgan fingerprint density at radius 2 is 2.06 bits per heavy atom. The molecule has 1 N–H and O–H groups in total. The molecule has 16 heavy (non-hydrogen) atoms. The van der Waals surface area contributed by atoms with Gasteiger partial charge in [-0.3, -0.25) is 0 Å². The van der Waals surface area contributed by atoms with E-state index in [-0.39, 0.29) is 17.2 Å². The molecule has 0 atom stereocenters. The Morgan fingerprint density at radius 3 is 2.69 bits per heavy atom. The molecule has 5 heteroatoms. The number of nitrogens with zero attached hydrogens (tertiary/aromatic N) is 1. The molecule has 0 spiro atoms. The molecule has 88 valence electrons. The van der Waals surface area contributed by atoms with E-state index in [0.29, 0.717) is 13.2 Å². The molecule has 1 aliphatic rings. The van der Waals surface area contributed by atoms with Gasteiger partial charge in [0, 0.05) is 24.3 Å². The van der Waals surface area contributed by atoms with Gasteiger partial charge in [-0.2, -0.15) is 0 Å². The van der Waals surface area contributed by atoms with Crippen LogP contribution in [0.4, 0.5) is 10.1 Å². The molecular formula is C11H13ClFNO2. The number of hydrogen-bond donors (Lipinski definition) is 1. The lowest BCUT2D eigenvalue weighted by Gasteiger charge is -2.29. The third kappa shape index (κ3) is 2.29. The fourth-order valence-corrected chi connectivity index (χ4v) is 1.98. The number of benzene rings is 1. The van der Waals surface area contributed by atoms with E-state index in [2.05, 4.69) is 4.90 Å². The molecule has 0 aliphatic carbocycles. The van der Waals surface area contributed by atoms with Crippen LogP contribution in [0.25, 0.3) is 0 Å². The lowest BCUT2D eigenvalue weighted by molar-refractivity contribution is 0.122. The minimum Gasteiger partial charge on any atom is -0.392 e. The first kappa shape index (κ1) is 11.6.